The van der Waals surface area contributed by atoms with Crippen LogP contribution in [0.25, 0.3) is 6.08 Å². The third-order valence-electron chi connectivity index (χ3n) is 3.06. The summed E-state index contributed by atoms with van der Waals surface area (Å²) in [6, 6.07) is 12.0. The molecule has 1 amide bonds. The first-order valence-electron chi connectivity index (χ1n) is 6.67. The van der Waals surface area contributed by atoms with Crippen LogP contribution in [-0.4, -0.2) is 11.1 Å². The van der Waals surface area contributed by atoms with Crippen molar-refractivity contribution in [2.45, 2.75) is 13.3 Å². The monoisotopic (exact) mass is 314 g/mol. The van der Waals surface area contributed by atoms with E-state index in [2.05, 4.69) is 23.3 Å². The van der Waals surface area contributed by atoms with E-state index < -0.39 is 0 Å². The third kappa shape index (κ3) is 3.25. The number of nitrogens with zero attached hydrogens (tertiary/aromatic N) is 1. The summed E-state index contributed by atoms with van der Waals surface area (Å²) in [7, 11) is 0. The molecule has 1 aromatic heterocycles. The zero-order chi connectivity index (χ0) is 14.7. The molecule has 0 atom stereocenters. The SMILES string of the molecule is CCc1ccccc1N=C1NC(=O)/C(=C\c2cccs2)S1. The van der Waals surface area contributed by atoms with Crippen LogP contribution in [0, 0.1) is 0 Å². The maximum absolute atomic E-state index is 12.0. The van der Waals surface area contributed by atoms with E-state index in [0.29, 0.717) is 10.1 Å². The predicted molar refractivity (Wildman–Crippen MR) is 90.9 cm³/mol. The summed E-state index contributed by atoms with van der Waals surface area (Å²) in [5.74, 6) is -0.0823. The molecule has 0 aliphatic carbocycles. The molecule has 106 valence electrons. The molecule has 1 aliphatic heterocycles. The molecule has 2 aromatic rings. The Morgan fingerprint density at radius 3 is 2.86 bits per heavy atom. The molecule has 0 radical (unpaired) electrons. The van der Waals surface area contributed by atoms with Gasteiger partial charge < -0.3 is 5.32 Å². The van der Waals surface area contributed by atoms with Gasteiger partial charge in [-0.25, -0.2) is 4.99 Å². The molecule has 3 nitrogen and oxygen atoms in total. The van der Waals surface area contributed by atoms with Gasteiger partial charge in [0.15, 0.2) is 5.17 Å². The largest absolute Gasteiger partial charge is 0.300 e. The topological polar surface area (TPSA) is 41.5 Å². The van der Waals surface area contributed by atoms with Crippen molar-refractivity contribution in [1.29, 1.82) is 0 Å². The third-order valence-corrected chi connectivity index (χ3v) is 4.79. The molecule has 5 heteroatoms. The number of hydrogen-bond donors (Lipinski definition) is 1. The highest BCUT2D eigenvalue weighted by molar-refractivity contribution is 8.18. The molecule has 1 aromatic carbocycles. The second-order valence-corrected chi connectivity index (χ2v) is 6.49. The number of aliphatic imine (C=N–C) groups is 1. The highest BCUT2D eigenvalue weighted by Gasteiger charge is 2.24. The van der Waals surface area contributed by atoms with Gasteiger partial charge in [-0.3, -0.25) is 4.79 Å². The second-order valence-electron chi connectivity index (χ2n) is 4.48. The van der Waals surface area contributed by atoms with Crippen LogP contribution < -0.4 is 5.32 Å². The van der Waals surface area contributed by atoms with Crippen LogP contribution in [0.2, 0.25) is 0 Å². The Kier molecular flexibility index (Phi) is 4.22. The van der Waals surface area contributed by atoms with Gasteiger partial charge in [0.05, 0.1) is 10.6 Å². The highest BCUT2D eigenvalue weighted by atomic mass is 32.2. The van der Waals surface area contributed by atoms with Crippen molar-refractivity contribution in [1.82, 2.24) is 5.32 Å². The van der Waals surface area contributed by atoms with Crippen molar-refractivity contribution in [3.63, 3.8) is 0 Å². The van der Waals surface area contributed by atoms with E-state index in [1.54, 1.807) is 11.3 Å². The van der Waals surface area contributed by atoms with Gasteiger partial charge >= 0.3 is 0 Å². The number of hydrogen-bond acceptors (Lipinski definition) is 4. The minimum absolute atomic E-state index is 0.0823. The van der Waals surface area contributed by atoms with E-state index in [1.165, 1.54) is 17.3 Å². The number of para-hydroxylation sites is 1. The molecule has 1 fully saturated rings. The Morgan fingerprint density at radius 2 is 2.10 bits per heavy atom. The summed E-state index contributed by atoms with van der Waals surface area (Å²) in [6.07, 6.45) is 2.82. The van der Waals surface area contributed by atoms with E-state index in [-0.39, 0.29) is 5.91 Å². The standard InChI is InChI=1S/C16H14N2OS2/c1-2-11-6-3-4-8-13(11)17-16-18-15(19)14(21-16)10-12-7-5-9-20-12/h3-10H,2H2,1H3,(H,17,18,19)/b14-10+. The van der Waals surface area contributed by atoms with Crippen LogP contribution in [0.15, 0.2) is 51.7 Å². The van der Waals surface area contributed by atoms with Gasteiger partial charge in [0, 0.05) is 4.88 Å². The first-order chi connectivity index (χ1) is 10.3. The van der Waals surface area contributed by atoms with Crippen molar-refractivity contribution in [3.05, 3.63) is 57.1 Å². The first-order valence-corrected chi connectivity index (χ1v) is 8.37. The number of nitrogens with one attached hydrogen (secondary N) is 1. The van der Waals surface area contributed by atoms with Crippen LogP contribution in [-0.2, 0) is 11.2 Å². The fourth-order valence-corrected chi connectivity index (χ4v) is 3.57. The summed E-state index contributed by atoms with van der Waals surface area (Å²) >= 11 is 3.00. The van der Waals surface area contributed by atoms with Gasteiger partial charge in [0.2, 0.25) is 0 Å². The van der Waals surface area contributed by atoms with Crippen molar-refractivity contribution in [2.75, 3.05) is 0 Å². The first kappa shape index (κ1) is 14.1. The van der Waals surface area contributed by atoms with Gasteiger partial charge in [-0.15, -0.1) is 11.3 Å². The molecule has 0 saturated carbocycles. The summed E-state index contributed by atoms with van der Waals surface area (Å²) in [4.78, 5) is 18.3. The lowest BCUT2D eigenvalue weighted by Gasteiger charge is -2.02. The molecule has 0 unspecified atom stereocenters. The maximum Gasteiger partial charge on any atom is 0.264 e. The van der Waals surface area contributed by atoms with Gasteiger partial charge in [-0.2, -0.15) is 0 Å². The Bertz CT molecular complexity index is 718. The molecule has 3 rings (SSSR count). The van der Waals surface area contributed by atoms with Gasteiger partial charge in [0.1, 0.15) is 0 Å². The van der Waals surface area contributed by atoms with Crippen LogP contribution in [0.3, 0.4) is 0 Å². The average molecular weight is 314 g/mol. The highest BCUT2D eigenvalue weighted by Crippen LogP contribution is 2.30. The van der Waals surface area contributed by atoms with Gasteiger partial charge in [-0.05, 0) is 47.3 Å². The van der Waals surface area contributed by atoms with E-state index in [4.69, 9.17) is 0 Å². The number of carbonyl (C=O) groups is 1. The normalized spacial score (nSPS) is 18.4. The summed E-state index contributed by atoms with van der Waals surface area (Å²) in [6.45, 7) is 2.10. The fraction of sp³-hybridized carbons (Fsp3) is 0.125. The molecule has 0 bridgehead atoms. The van der Waals surface area contributed by atoms with Gasteiger partial charge in [0.25, 0.3) is 5.91 Å². The fourth-order valence-electron chi connectivity index (χ4n) is 2.01. The van der Waals surface area contributed by atoms with Crippen molar-refractivity contribution >= 4 is 45.9 Å². The lowest BCUT2D eigenvalue weighted by Crippen LogP contribution is -2.19. The number of benzene rings is 1. The quantitative estimate of drug-likeness (QED) is 0.863. The zero-order valence-corrected chi connectivity index (χ0v) is 13.1. The number of thiophene rings is 1. The molecule has 1 saturated heterocycles. The van der Waals surface area contributed by atoms with Crippen molar-refractivity contribution in [3.8, 4) is 0 Å². The summed E-state index contributed by atoms with van der Waals surface area (Å²) < 4.78 is 0. The number of thioether (sulfide) groups is 1. The number of carbonyl (C=O) groups excluding carboxylic acids is 1. The Hall–Kier alpha value is -1.85. The molecule has 21 heavy (non-hydrogen) atoms. The van der Waals surface area contributed by atoms with Crippen LogP contribution in [0.5, 0.6) is 0 Å². The van der Waals surface area contributed by atoms with Crippen molar-refractivity contribution in [2.24, 2.45) is 4.99 Å². The van der Waals surface area contributed by atoms with E-state index in [0.717, 1.165) is 17.0 Å². The van der Waals surface area contributed by atoms with E-state index in [1.807, 2.05) is 41.8 Å². The van der Waals surface area contributed by atoms with Crippen molar-refractivity contribution < 1.29 is 4.79 Å². The smallest absolute Gasteiger partial charge is 0.264 e. The van der Waals surface area contributed by atoms with Crippen LogP contribution in [0.4, 0.5) is 5.69 Å². The van der Waals surface area contributed by atoms with E-state index >= 15 is 0 Å². The molecule has 1 aliphatic rings. The van der Waals surface area contributed by atoms with Gasteiger partial charge in [-0.1, -0.05) is 31.2 Å². The minimum Gasteiger partial charge on any atom is -0.300 e. The minimum atomic E-state index is -0.0823. The molecule has 2 heterocycles. The number of amides is 1. The summed E-state index contributed by atoms with van der Waals surface area (Å²) in [5.41, 5.74) is 2.09. The number of amidine groups is 1. The Morgan fingerprint density at radius 1 is 1.24 bits per heavy atom. The Labute approximate surface area is 131 Å². The maximum atomic E-state index is 12.0. The van der Waals surface area contributed by atoms with Crippen LogP contribution >= 0.6 is 23.1 Å². The van der Waals surface area contributed by atoms with E-state index in [9.17, 15) is 4.79 Å². The molecular weight excluding hydrogens is 300 g/mol. The van der Waals surface area contributed by atoms with Crippen LogP contribution in [0.1, 0.15) is 17.4 Å². The lowest BCUT2D eigenvalue weighted by molar-refractivity contribution is -0.115. The molecular formula is C16H14N2OS2. The number of aryl methyl sites for hydroxylation is 1. The zero-order valence-electron chi connectivity index (χ0n) is 11.5. The second kappa shape index (κ2) is 6.28. The lowest BCUT2D eigenvalue weighted by atomic mass is 10.1. The molecule has 0 spiro atoms. The molecule has 1 N–H and O–H groups in total. The number of rotatable bonds is 3. The summed E-state index contributed by atoms with van der Waals surface area (Å²) in [5, 5.41) is 5.47. The predicted octanol–water partition coefficient (Wildman–Crippen LogP) is 4.20. The average Bonchev–Trinajstić information content (AvgIpc) is 3.11. The Balaban J connectivity index is 1.86.